The number of carbonyl (C=O) groups excluding carboxylic acids is 1. The van der Waals surface area contributed by atoms with E-state index in [4.69, 9.17) is 16.4 Å². The molecule has 1 fully saturated rings. The molecule has 0 aliphatic carbocycles. The SMILES string of the molecule is [C-]#[N+][C@H]1C[C@@H](C(=O)O)N(C(=O)OC(C)(C)C)C1. The number of carboxylic acid groups (broad SMARTS) is 1. The van der Waals surface area contributed by atoms with Crippen LogP contribution >= 0.6 is 0 Å². The molecular weight excluding hydrogens is 224 g/mol. The van der Waals surface area contributed by atoms with E-state index in [2.05, 4.69) is 4.85 Å². The molecule has 1 N–H and O–H groups in total. The molecule has 2 atom stereocenters. The first-order chi connectivity index (χ1) is 7.74. The third-order valence-electron chi connectivity index (χ3n) is 2.37. The fourth-order valence-corrected chi connectivity index (χ4v) is 1.66. The minimum absolute atomic E-state index is 0.120. The molecule has 1 aliphatic rings. The van der Waals surface area contributed by atoms with E-state index >= 15 is 0 Å². The van der Waals surface area contributed by atoms with Crippen LogP contribution < -0.4 is 0 Å². The van der Waals surface area contributed by atoms with Gasteiger partial charge >= 0.3 is 12.1 Å². The Hall–Kier alpha value is -1.77. The second-order valence-electron chi connectivity index (χ2n) is 5.01. The van der Waals surface area contributed by atoms with Crippen molar-refractivity contribution in [3.63, 3.8) is 0 Å². The van der Waals surface area contributed by atoms with Crippen LogP contribution in [0.3, 0.4) is 0 Å². The first-order valence-electron chi connectivity index (χ1n) is 5.33. The summed E-state index contributed by atoms with van der Waals surface area (Å²) in [5, 5.41) is 8.99. The maximum Gasteiger partial charge on any atom is 0.411 e. The normalized spacial score (nSPS) is 24.2. The lowest BCUT2D eigenvalue weighted by Gasteiger charge is -2.26. The molecule has 0 spiro atoms. The second-order valence-corrected chi connectivity index (χ2v) is 5.01. The number of nitrogens with zero attached hydrogens (tertiary/aromatic N) is 2. The third-order valence-corrected chi connectivity index (χ3v) is 2.37. The highest BCUT2D eigenvalue weighted by molar-refractivity contribution is 5.81. The fourth-order valence-electron chi connectivity index (χ4n) is 1.66. The van der Waals surface area contributed by atoms with Gasteiger partial charge in [0.25, 0.3) is 0 Å². The number of carboxylic acids is 1. The van der Waals surface area contributed by atoms with Crippen LogP contribution in [0.1, 0.15) is 27.2 Å². The molecule has 1 saturated heterocycles. The van der Waals surface area contributed by atoms with E-state index in [-0.39, 0.29) is 13.0 Å². The molecule has 1 aliphatic heterocycles. The van der Waals surface area contributed by atoms with Gasteiger partial charge in [0.05, 0.1) is 6.42 Å². The van der Waals surface area contributed by atoms with Crippen LogP contribution in [0, 0.1) is 6.57 Å². The Morgan fingerprint density at radius 3 is 2.47 bits per heavy atom. The van der Waals surface area contributed by atoms with Crippen molar-refractivity contribution in [2.45, 2.75) is 44.9 Å². The van der Waals surface area contributed by atoms with Gasteiger partial charge in [-0.3, -0.25) is 4.90 Å². The van der Waals surface area contributed by atoms with Crippen LogP contribution in [-0.4, -0.2) is 46.3 Å². The van der Waals surface area contributed by atoms with Gasteiger partial charge in [-0.15, -0.1) is 0 Å². The van der Waals surface area contributed by atoms with Crippen molar-refractivity contribution in [3.05, 3.63) is 11.4 Å². The van der Waals surface area contributed by atoms with E-state index in [9.17, 15) is 9.59 Å². The number of rotatable bonds is 1. The summed E-state index contributed by atoms with van der Waals surface area (Å²) in [6.07, 6.45) is -0.506. The minimum Gasteiger partial charge on any atom is -0.480 e. The Balaban J connectivity index is 2.78. The highest BCUT2D eigenvalue weighted by Crippen LogP contribution is 2.23. The Morgan fingerprint density at radius 2 is 2.06 bits per heavy atom. The highest BCUT2D eigenvalue weighted by atomic mass is 16.6. The molecule has 17 heavy (non-hydrogen) atoms. The Morgan fingerprint density at radius 1 is 1.47 bits per heavy atom. The van der Waals surface area contributed by atoms with Crippen LogP contribution in [0.4, 0.5) is 4.79 Å². The van der Waals surface area contributed by atoms with Gasteiger partial charge in [0, 0.05) is 0 Å². The van der Waals surface area contributed by atoms with Crippen molar-refractivity contribution in [1.82, 2.24) is 4.90 Å². The quantitative estimate of drug-likeness (QED) is 0.703. The highest BCUT2D eigenvalue weighted by Gasteiger charge is 2.44. The summed E-state index contributed by atoms with van der Waals surface area (Å²) in [7, 11) is 0. The molecule has 6 heteroatoms. The Bertz CT molecular complexity index is 367. The monoisotopic (exact) mass is 240 g/mol. The lowest BCUT2D eigenvalue weighted by Crippen LogP contribution is -2.43. The van der Waals surface area contributed by atoms with Crippen molar-refractivity contribution < 1.29 is 19.4 Å². The molecule has 94 valence electrons. The van der Waals surface area contributed by atoms with Crippen molar-refractivity contribution in [2.75, 3.05) is 6.54 Å². The number of aliphatic carboxylic acids is 1. The summed E-state index contributed by atoms with van der Waals surface area (Å²) in [6, 6.07) is -1.41. The van der Waals surface area contributed by atoms with Crippen molar-refractivity contribution >= 4 is 12.1 Å². The molecule has 1 amide bonds. The van der Waals surface area contributed by atoms with Gasteiger partial charge in [-0.25, -0.2) is 16.2 Å². The van der Waals surface area contributed by atoms with Crippen LogP contribution in [0.2, 0.25) is 0 Å². The maximum absolute atomic E-state index is 11.8. The molecule has 1 rings (SSSR count). The largest absolute Gasteiger partial charge is 0.480 e. The summed E-state index contributed by atoms with van der Waals surface area (Å²) >= 11 is 0. The van der Waals surface area contributed by atoms with Gasteiger partial charge < -0.3 is 14.7 Å². The summed E-state index contributed by atoms with van der Waals surface area (Å²) in [4.78, 5) is 27.2. The average molecular weight is 240 g/mol. The van der Waals surface area contributed by atoms with E-state index in [1.165, 1.54) is 0 Å². The van der Waals surface area contributed by atoms with Gasteiger partial charge in [-0.05, 0) is 20.8 Å². The summed E-state index contributed by atoms with van der Waals surface area (Å²) in [6.45, 7) is 12.1. The summed E-state index contributed by atoms with van der Waals surface area (Å²) in [5.41, 5.74) is -0.670. The molecule has 0 saturated carbocycles. The smallest absolute Gasteiger partial charge is 0.411 e. The minimum atomic E-state index is -1.10. The van der Waals surface area contributed by atoms with E-state index in [1.807, 2.05) is 0 Å². The second kappa shape index (κ2) is 4.62. The average Bonchev–Trinajstić information content (AvgIpc) is 2.58. The molecule has 6 nitrogen and oxygen atoms in total. The van der Waals surface area contributed by atoms with Crippen LogP contribution in [0.5, 0.6) is 0 Å². The summed E-state index contributed by atoms with van der Waals surface area (Å²) in [5.74, 6) is -1.10. The Kier molecular flexibility index (Phi) is 3.61. The third kappa shape index (κ3) is 3.34. The predicted octanol–water partition coefficient (Wildman–Crippen LogP) is 1.37. The van der Waals surface area contributed by atoms with Crippen LogP contribution in [0.25, 0.3) is 4.85 Å². The summed E-state index contributed by atoms with van der Waals surface area (Å²) < 4.78 is 5.12. The molecule has 0 radical (unpaired) electrons. The van der Waals surface area contributed by atoms with Gasteiger partial charge in [-0.2, -0.15) is 0 Å². The van der Waals surface area contributed by atoms with Crippen molar-refractivity contribution in [1.29, 1.82) is 0 Å². The molecule has 0 aromatic carbocycles. The number of ether oxygens (including phenoxy) is 1. The van der Waals surface area contributed by atoms with Crippen molar-refractivity contribution in [3.8, 4) is 0 Å². The zero-order valence-corrected chi connectivity index (χ0v) is 10.1. The van der Waals surface area contributed by atoms with Crippen LogP contribution in [0.15, 0.2) is 0 Å². The molecular formula is C11H16N2O4. The molecule has 0 unspecified atom stereocenters. The van der Waals surface area contributed by atoms with Gasteiger partial charge in [0.15, 0.2) is 0 Å². The molecule has 0 aromatic heterocycles. The van der Waals surface area contributed by atoms with Gasteiger partial charge in [0.1, 0.15) is 18.2 Å². The van der Waals surface area contributed by atoms with E-state index in [1.54, 1.807) is 20.8 Å². The van der Waals surface area contributed by atoms with Crippen molar-refractivity contribution in [2.24, 2.45) is 0 Å². The first-order valence-corrected chi connectivity index (χ1v) is 5.33. The predicted molar refractivity (Wildman–Crippen MR) is 59.4 cm³/mol. The Labute approximate surface area is 100.0 Å². The molecule has 0 aromatic rings. The number of hydrogen-bond donors (Lipinski definition) is 1. The lowest BCUT2D eigenvalue weighted by molar-refractivity contribution is -0.142. The fraction of sp³-hybridized carbons (Fsp3) is 0.727. The van der Waals surface area contributed by atoms with E-state index < -0.39 is 29.7 Å². The maximum atomic E-state index is 11.8. The lowest BCUT2D eigenvalue weighted by atomic mass is 10.2. The number of amides is 1. The number of carbonyl (C=O) groups is 2. The molecule has 0 bridgehead atoms. The number of likely N-dealkylation sites (tertiary alicyclic amines) is 1. The first kappa shape index (κ1) is 13.3. The number of hydrogen-bond acceptors (Lipinski definition) is 3. The topological polar surface area (TPSA) is 71.2 Å². The zero-order chi connectivity index (χ0) is 13.2. The van der Waals surface area contributed by atoms with E-state index in [0.717, 1.165) is 4.90 Å². The molecule has 1 heterocycles. The standard InChI is InChI=1S/C11H16N2O4/c1-11(2,3)17-10(16)13-6-7(12-4)5-8(13)9(14)15/h7-8H,5-6H2,1-3H3,(H,14,15)/t7-,8-/m0/s1. The van der Waals surface area contributed by atoms with E-state index in [0.29, 0.717) is 0 Å². The van der Waals surface area contributed by atoms with Gasteiger partial charge in [-0.1, -0.05) is 0 Å². The van der Waals surface area contributed by atoms with Crippen LogP contribution in [-0.2, 0) is 9.53 Å². The zero-order valence-electron chi connectivity index (χ0n) is 10.1. The van der Waals surface area contributed by atoms with Gasteiger partial charge in [0.2, 0.25) is 6.04 Å².